The van der Waals surface area contributed by atoms with E-state index < -0.39 is 11.9 Å². The lowest BCUT2D eigenvalue weighted by molar-refractivity contribution is -0.141. The normalized spacial score (nSPS) is 13.6. The Morgan fingerprint density at radius 1 is 1.10 bits per heavy atom. The number of carbonyl (C=O) groups excluding carboxylic acids is 2. The number of methoxy groups -OCH3 is 1. The molecular weight excluding hydrogens is 392 g/mol. The van der Waals surface area contributed by atoms with Crippen LogP contribution in [0.1, 0.15) is 21.5 Å². The van der Waals surface area contributed by atoms with E-state index in [0.717, 1.165) is 21.3 Å². The van der Waals surface area contributed by atoms with E-state index >= 15 is 0 Å². The van der Waals surface area contributed by atoms with Crippen LogP contribution in [0, 0.1) is 13.8 Å². The molecular formula is C21H20N2O5S. The molecule has 0 radical (unpaired) electrons. The molecule has 0 atom stereocenters. The van der Waals surface area contributed by atoms with Crippen molar-refractivity contribution in [2.75, 3.05) is 20.3 Å². The van der Waals surface area contributed by atoms with Gasteiger partial charge in [-0.1, -0.05) is 11.3 Å². The van der Waals surface area contributed by atoms with Crippen molar-refractivity contribution in [3.05, 3.63) is 51.8 Å². The Hall–Kier alpha value is -3.13. The van der Waals surface area contributed by atoms with Crippen molar-refractivity contribution in [2.24, 2.45) is 4.99 Å². The Labute approximate surface area is 171 Å². The number of ether oxygens (including phenoxy) is 3. The minimum Gasteiger partial charge on any atom is -0.486 e. The van der Waals surface area contributed by atoms with Crippen LogP contribution in [0.15, 0.2) is 35.3 Å². The van der Waals surface area contributed by atoms with Gasteiger partial charge in [0.1, 0.15) is 19.8 Å². The Bertz CT molecular complexity index is 1190. The minimum absolute atomic E-state index is 0.0216. The number of amides is 1. The van der Waals surface area contributed by atoms with Gasteiger partial charge in [-0.25, -0.2) is 0 Å². The van der Waals surface area contributed by atoms with E-state index in [1.165, 1.54) is 18.4 Å². The average molecular weight is 412 g/mol. The second kappa shape index (κ2) is 7.71. The van der Waals surface area contributed by atoms with Crippen molar-refractivity contribution >= 4 is 33.4 Å². The zero-order valence-corrected chi connectivity index (χ0v) is 17.2. The molecule has 0 fully saturated rings. The van der Waals surface area contributed by atoms with Gasteiger partial charge in [0.05, 0.1) is 17.3 Å². The van der Waals surface area contributed by atoms with Gasteiger partial charge in [-0.15, -0.1) is 0 Å². The fourth-order valence-electron chi connectivity index (χ4n) is 3.08. The molecule has 1 aliphatic heterocycles. The molecule has 2 heterocycles. The Balaban J connectivity index is 1.81. The van der Waals surface area contributed by atoms with Crippen molar-refractivity contribution in [1.82, 2.24) is 4.57 Å². The van der Waals surface area contributed by atoms with Gasteiger partial charge in [0, 0.05) is 5.56 Å². The second-order valence-electron chi connectivity index (χ2n) is 6.73. The molecule has 3 aromatic rings. The zero-order chi connectivity index (χ0) is 20.5. The molecule has 150 valence electrons. The molecule has 4 rings (SSSR count). The molecule has 29 heavy (non-hydrogen) atoms. The van der Waals surface area contributed by atoms with E-state index in [2.05, 4.69) is 4.99 Å². The van der Waals surface area contributed by atoms with Crippen molar-refractivity contribution in [3.63, 3.8) is 0 Å². The van der Waals surface area contributed by atoms with Gasteiger partial charge >= 0.3 is 5.97 Å². The number of aromatic nitrogens is 1. The molecule has 2 aromatic carbocycles. The van der Waals surface area contributed by atoms with Gasteiger partial charge in [0.2, 0.25) is 0 Å². The van der Waals surface area contributed by atoms with Gasteiger partial charge in [-0.3, -0.25) is 9.59 Å². The number of nitrogens with zero attached hydrogens (tertiary/aromatic N) is 2. The van der Waals surface area contributed by atoms with E-state index in [0.29, 0.717) is 35.1 Å². The summed E-state index contributed by atoms with van der Waals surface area (Å²) in [6.45, 7) is 4.93. The third kappa shape index (κ3) is 3.75. The highest BCUT2D eigenvalue weighted by Gasteiger charge is 2.16. The summed E-state index contributed by atoms with van der Waals surface area (Å²) in [4.78, 5) is 29.5. The van der Waals surface area contributed by atoms with Crippen molar-refractivity contribution in [2.45, 2.75) is 20.4 Å². The predicted molar refractivity (Wildman–Crippen MR) is 109 cm³/mol. The maximum atomic E-state index is 12.8. The first-order valence-corrected chi connectivity index (χ1v) is 9.94. The molecule has 1 amide bonds. The minimum atomic E-state index is -0.416. The SMILES string of the molecule is COC(=O)Cn1c(=NC(=O)c2ccc3c(c2)OCCO3)sc2cc(C)c(C)cc21. The van der Waals surface area contributed by atoms with Crippen LogP contribution in [-0.2, 0) is 16.1 Å². The van der Waals surface area contributed by atoms with Gasteiger partial charge in [-0.05, 0) is 55.3 Å². The van der Waals surface area contributed by atoms with Crippen molar-refractivity contribution < 1.29 is 23.8 Å². The third-order valence-electron chi connectivity index (χ3n) is 4.80. The first-order valence-electron chi connectivity index (χ1n) is 9.12. The van der Waals surface area contributed by atoms with E-state index in [1.807, 2.05) is 26.0 Å². The molecule has 0 saturated heterocycles. The van der Waals surface area contributed by atoms with E-state index in [4.69, 9.17) is 14.2 Å². The fraction of sp³-hybridized carbons (Fsp3) is 0.286. The molecule has 1 aromatic heterocycles. The van der Waals surface area contributed by atoms with E-state index in [1.54, 1.807) is 22.8 Å². The summed E-state index contributed by atoms with van der Waals surface area (Å²) in [6.07, 6.45) is 0. The Morgan fingerprint density at radius 3 is 2.59 bits per heavy atom. The Morgan fingerprint density at radius 2 is 1.83 bits per heavy atom. The van der Waals surface area contributed by atoms with E-state index in [-0.39, 0.29) is 6.54 Å². The lowest BCUT2D eigenvalue weighted by atomic mass is 10.1. The number of fused-ring (bicyclic) bond motifs is 2. The number of hydrogen-bond donors (Lipinski definition) is 0. The average Bonchev–Trinajstić information content (AvgIpc) is 3.03. The molecule has 0 bridgehead atoms. The number of hydrogen-bond acceptors (Lipinski definition) is 6. The quantitative estimate of drug-likeness (QED) is 0.618. The number of esters is 1. The summed E-state index contributed by atoms with van der Waals surface area (Å²) >= 11 is 1.36. The van der Waals surface area contributed by atoms with Crippen LogP contribution < -0.4 is 14.3 Å². The van der Waals surface area contributed by atoms with Gasteiger partial charge in [-0.2, -0.15) is 4.99 Å². The summed E-state index contributed by atoms with van der Waals surface area (Å²) in [5.74, 6) is 0.320. The summed E-state index contributed by atoms with van der Waals surface area (Å²) in [7, 11) is 1.34. The number of aryl methyl sites for hydroxylation is 2. The monoisotopic (exact) mass is 412 g/mol. The molecule has 0 saturated carbocycles. The Kier molecular flexibility index (Phi) is 5.10. The van der Waals surface area contributed by atoms with Crippen LogP contribution >= 0.6 is 11.3 Å². The maximum Gasteiger partial charge on any atom is 0.325 e. The highest BCUT2D eigenvalue weighted by atomic mass is 32.1. The first kappa shape index (κ1) is 19.2. The molecule has 0 aliphatic carbocycles. The highest BCUT2D eigenvalue weighted by molar-refractivity contribution is 7.16. The predicted octanol–water partition coefficient (Wildman–Crippen LogP) is 3.00. The van der Waals surface area contributed by atoms with Crippen molar-refractivity contribution in [3.8, 4) is 11.5 Å². The molecule has 0 spiro atoms. The highest BCUT2D eigenvalue weighted by Crippen LogP contribution is 2.31. The van der Waals surface area contributed by atoms with Crippen LogP contribution in [0.4, 0.5) is 0 Å². The van der Waals surface area contributed by atoms with Crippen LogP contribution in [0.25, 0.3) is 10.2 Å². The lowest BCUT2D eigenvalue weighted by Gasteiger charge is -2.18. The molecule has 1 aliphatic rings. The largest absolute Gasteiger partial charge is 0.486 e. The lowest BCUT2D eigenvalue weighted by Crippen LogP contribution is -2.22. The first-order chi connectivity index (χ1) is 14.0. The number of thiazole rings is 1. The topological polar surface area (TPSA) is 79.1 Å². The summed E-state index contributed by atoms with van der Waals surface area (Å²) in [6, 6.07) is 9.03. The van der Waals surface area contributed by atoms with Crippen molar-refractivity contribution in [1.29, 1.82) is 0 Å². The van der Waals surface area contributed by atoms with Gasteiger partial charge in [0.25, 0.3) is 5.91 Å². The maximum absolute atomic E-state index is 12.8. The molecule has 8 heteroatoms. The fourth-order valence-corrected chi connectivity index (χ4v) is 4.19. The van der Waals surface area contributed by atoms with Crippen LogP contribution in [0.5, 0.6) is 11.5 Å². The van der Waals surface area contributed by atoms with Crippen LogP contribution in [0.3, 0.4) is 0 Å². The smallest absolute Gasteiger partial charge is 0.325 e. The summed E-state index contributed by atoms with van der Waals surface area (Å²) < 4.78 is 18.5. The number of benzene rings is 2. The summed E-state index contributed by atoms with van der Waals surface area (Å²) in [5, 5.41) is 0. The molecule has 0 unspecified atom stereocenters. The van der Waals surface area contributed by atoms with Crippen LogP contribution in [0.2, 0.25) is 0 Å². The second-order valence-corrected chi connectivity index (χ2v) is 7.74. The van der Waals surface area contributed by atoms with Gasteiger partial charge < -0.3 is 18.8 Å². The van der Waals surface area contributed by atoms with Crippen LogP contribution in [-0.4, -0.2) is 36.8 Å². The number of rotatable bonds is 3. The zero-order valence-electron chi connectivity index (χ0n) is 16.4. The standard InChI is InChI=1S/C21H20N2O5S/c1-12-8-15-18(9-13(12)2)29-21(23(15)11-19(24)26-3)22-20(25)14-4-5-16-17(10-14)28-7-6-27-16/h4-5,8-10H,6-7,11H2,1-3H3. The van der Waals surface area contributed by atoms with Gasteiger partial charge in [0.15, 0.2) is 16.3 Å². The molecule has 7 nitrogen and oxygen atoms in total. The molecule has 0 N–H and O–H groups in total. The number of carbonyl (C=O) groups is 2. The van der Waals surface area contributed by atoms with E-state index in [9.17, 15) is 9.59 Å². The summed E-state index contributed by atoms with van der Waals surface area (Å²) in [5.41, 5.74) is 3.47. The third-order valence-corrected chi connectivity index (χ3v) is 5.84.